The Bertz CT molecular complexity index is 596. The maximum atomic E-state index is 8.80. The number of nitrogens with zero attached hydrogens (tertiary/aromatic N) is 1. The smallest absolute Gasteiger partial charge is 0.171 e. The largest absolute Gasteiger partial charge is 0.409 e. The lowest BCUT2D eigenvalue weighted by atomic mass is 10.1. The lowest BCUT2D eigenvalue weighted by Gasteiger charge is -2.09. The molecule has 3 nitrogen and oxygen atoms in total. The highest BCUT2D eigenvalue weighted by molar-refractivity contribution is 7.98. The van der Waals surface area contributed by atoms with E-state index < -0.39 is 0 Å². The van der Waals surface area contributed by atoms with E-state index in [1.165, 1.54) is 11.1 Å². The number of oxime groups is 1. The molecule has 0 aliphatic carbocycles. The van der Waals surface area contributed by atoms with Gasteiger partial charge in [0.15, 0.2) is 5.84 Å². The van der Waals surface area contributed by atoms with Gasteiger partial charge in [0.2, 0.25) is 0 Å². The van der Waals surface area contributed by atoms with Gasteiger partial charge in [0.25, 0.3) is 0 Å². The molecule has 0 aromatic heterocycles. The molecule has 0 saturated carbocycles. The summed E-state index contributed by atoms with van der Waals surface area (Å²) in [7, 11) is 0. The minimum atomic E-state index is 0.146. The predicted octanol–water partition coefficient (Wildman–Crippen LogP) is 3.38. The van der Waals surface area contributed by atoms with Crippen molar-refractivity contribution in [2.75, 3.05) is 0 Å². The van der Waals surface area contributed by atoms with E-state index >= 15 is 0 Å². The Hall–Kier alpha value is -1.94. The first-order valence-corrected chi connectivity index (χ1v) is 6.95. The molecule has 0 aliphatic heterocycles. The van der Waals surface area contributed by atoms with E-state index in [1.54, 1.807) is 11.8 Å². The number of aryl methyl sites for hydroxylation is 1. The van der Waals surface area contributed by atoms with E-state index in [0.29, 0.717) is 0 Å². The van der Waals surface area contributed by atoms with Crippen molar-refractivity contribution < 1.29 is 5.21 Å². The quantitative estimate of drug-likeness (QED) is 0.295. The Morgan fingerprint density at radius 3 is 2.58 bits per heavy atom. The summed E-state index contributed by atoms with van der Waals surface area (Å²) in [6.45, 7) is 2.10. The highest BCUT2D eigenvalue weighted by Crippen LogP contribution is 2.27. The summed E-state index contributed by atoms with van der Waals surface area (Å²) in [6.07, 6.45) is 0. The van der Waals surface area contributed by atoms with Crippen LogP contribution in [0.3, 0.4) is 0 Å². The second-order valence-electron chi connectivity index (χ2n) is 4.20. The molecule has 0 fully saturated rings. The number of benzene rings is 2. The van der Waals surface area contributed by atoms with Crippen LogP contribution in [0.25, 0.3) is 0 Å². The van der Waals surface area contributed by atoms with Crippen LogP contribution in [-0.4, -0.2) is 11.0 Å². The highest BCUT2D eigenvalue weighted by atomic mass is 32.2. The standard InChI is InChI=1S/C15H16N2OS/c1-11-6-2-3-7-12(11)10-19-14-9-5-4-8-13(14)15(16)17-18/h2-9,18H,10H2,1H3,(H2,16,17). The van der Waals surface area contributed by atoms with Gasteiger partial charge in [-0.1, -0.05) is 47.6 Å². The van der Waals surface area contributed by atoms with Gasteiger partial charge in [0, 0.05) is 16.2 Å². The fraction of sp³-hybridized carbons (Fsp3) is 0.133. The minimum absolute atomic E-state index is 0.146. The fourth-order valence-electron chi connectivity index (χ4n) is 1.79. The van der Waals surface area contributed by atoms with Crippen LogP contribution in [0.1, 0.15) is 16.7 Å². The zero-order valence-corrected chi connectivity index (χ0v) is 11.5. The molecule has 4 heteroatoms. The van der Waals surface area contributed by atoms with Gasteiger partial charge in [-0.25, -0.2) is 0 Å². The normalized spacial score (nSPS) is 11.5. The molecule has 0 spiro atoms. The lowest BCUT2D eigenvalue weighted by Crippen LogP contribution is -2.14. The Morgan fingerprint density at radius 2 is 1.84 bits per heavy atom. The van der Waals surface area contributed by atoms with Gasteiger partial charge >= 0.3 is 0 Å². The molecule has 3 N–H and O–H groups in total. The summed E-state index contributed by atoms with van der Waals surface area (Å²) in [5.74, 6) is 1.01. The van der Waals surface area contributed by atoms with Crippen molar-refractivity contribution in [2.45, 2.75) is 17.6 Å². The second-order valence-corrected chi connectivity index (χ2v) is 5.21. The molecule has 0 radical (unpaired) electrons. The van der Waals surface area contributed by atoms with Crippen molar-refractivity contribution in [1.29, 1.82) is 0 Å². The van der Waals surface area contributed by atoms with Crippen LogP contribution in [0, 0.1) is 6.92 Å². The Balaban J connectivity index is 2.19. The van der Waals surface area contributed by atoms with Crippen LogP contribution >= 0.6 is 11.8 Å². The molecule has 0 bridgehead atoms. The molecule has 98 valence electrons. The number of hydrogen-bond donors (Lipinski definition) is 2. The summed E-state index contributed by atoms with van der Waals surface area (Å²) in [4.78, 5) is 1.01. The number of nitrogens with two attached hydrogens (primary N) is 1. The zero-order valence-electron chi connectivity index (χ0n) is 10.7. The van der Waals surface area contributed by atoms with Crippen LogP contribution in [0.2, 0.25) is 0 Å². The molecule has 0 saturated heterocycles. The molecule has 2 rings (SSSR count). The molecule has 0 atom stereocenters. The maximum absolute atomic E-state index is 8.80. The molecule has 2 aromatic rings. The van der Waals surface area contributed by atoms with Gasteiger partial charge in [0.1, 0.15) is 0 Å². The van der Waals surface area contributed by atoms with Gasteiger partial charge < -0.3 is 10.9 Å². The summed E-state index contributed by atoms with van der Waals surface area (Å²) < 4.78 is 0. The highest BCUT2D eigenvalue weighted by Gasteiger charge is 2.07. The second kappa shape index (κ2) is 6.29. The van der Waals surface area contributed by atoms with Crippen molar-refractivity contribution in [3.05, 3.63) is 65.2 Å². The summed E-state index contributed by atoms with van der Waals surface area (Å²) in [5, 5.41) is 11.9. The number of hydrogen-bond acceptors (Lipinski definition) is 3. The van der Waals surface area contributed by atoms with Crippen molar-refractivity contribution >= 4 is 17.6 Å². The molecule has 19 heavy (non-hydrogen) atoms. The Kier molecular flexibility index (Phi) is 4.47. The third-order valence-corrected chi connectivity index (χ3v) is 4.04. The minimum Gasteiger partial charge on any atom is -0.409 e. The van der Waals surface area contributed by atoms with E-state index in [4.69, 9.17) is 10.9 Å². The third kappa shape index (κ3) is 3.29. The maximum Gasteiger partial charge on any atom is 0.171 e. The Labute approximate surface area is 117 Å². The topological polar surface area (TPSA) is 58.6 Å². The predicted molar refractivity (Wildman–Crippen MR) is 79.7 cm³/mol. The third-order valence-electron chi connectivity index (χ3n) is 2.92. The van der Waals surface area contributed by atoms with Crippen LogP contribution in [0.4, 0.5) is 0 Å². The van der Waals surface area contributed by atoms with Gasteiger partial charge in [-0.3, -0.25) is 0 Å². The summed E-state index contributed by atoms with van der Waals surface area (Å²) in [5.41, 5.74) is 9.02. The zero-order chi connectivity index (χ0) is 13.7. The Morgan fingerprint density at radius 1 is 1.16 bits per heavy atom. The molecular weight excluding hydrogens is 256 g/mol. The fourth-order valence-corrected chi connectivity index (χ4v) is 2.92. The van der Waals surface area contributed by atoms with Gasteiger partial charge in [-0.2, -0.15) is 0 Å². The van der Waals surface area contributed by atoms with Crippen molar-refractivity contribution in [2.24, 2.45) is 10.9 Å². The number of amidine groups is 1. The van der Waals surface area contributed by atoms with E-state index in [0.717, 1.165) is 16.2 Å². The number of rotatable bonds is 4. The van der Waals surface area contributed by atoms with Crippen LogP contribution in [0.15, 0.2) is 58.6 Å². The van der Waals surface area contributed by atoms with E-state index in [1.807, 2.05) is 36.4 Å². The first-order chi connectivity index (χ1) is 9.22. The first kappa shape index (κ1) is 13.5. The first-order valence-electron chi connectivity index (χ1n) is 5.96. The van der Waals surface area contributed by atoms with E-state index in [-0.39, 0.29) is 5.84 Å². The monoisotopic (exact) mass is 272 g/mol. The van der Waals surface area contributed by atoms with E-state index in [9.17, 15) is 0 Å². The van der Waals surface area contributed by atoms with Crippen LogP contribution < -0.4 is 5.73 Å². The molecule has 0 aliphatic rings. The average molecular weight is 272 g/mol. The van der Waals surface area contributed by atoms with Gasteiger partial charge in [-0.15, -0.1) is 11.8 Å². The average Bonchev–Trinajstić information content (AvgIpc) is 2.46. The van der Waals surface area contributed by atoms with Gasteiger partial charge in [-0.05, 0) is 24.1 Å². The van der Waals surface area contributed by atoms with Crippen molar-refractivity contribution in [1.82, 2.24) is 0 Å². The van der Waals surface area contributed by atoms with Gasteiger partial charge in [0.05, 0.1) is 0 Å². The SMILES string of the molecule is Cc1ccccc1CSc1ccccc1C(N)=NO. The number of thioether (sulfide) groups is 1. The van der Waals surface area contributed by atoms with Crippen molar-refractivity contribution in [3.8, 4) is 0 Å². The molecule has 0 amide bonds. The molecular formula is C15H16N2OS. The van der Waals surface area contributed by atoms with E-state index in [2.05, 4.69) is 24.2 Å². The summed E-state index contributed by atoms with van der Waals surface area (Å²) in [6, 6.07) is 16.0. The van der Waals surface area contributed by atoms with Crippen LogP contribution in [0.5, 0.6) is 0 Å². The molecule has 2 aromatic carbocycles. The van der Waals surface area contributed by atoms with Crippen LogP contribution in [-0.2, 0) is 5.75 Å². The molecule has 0 unspecified atom stereocenters. The summed E-state index contributed by atoms with van der Waals surface area (Å²) >= 11 is 1.69. The molecule has 0 heterocycles. The lowest BCUT2D eigenvalue weighted by molar-refractivity contribution is 0.318. The van der Waals surface area contributed by atoms with Crippen molar-refractivity contribution in [3.63, 3.8) is 0 Å².